The highest BCUT2D eigenvalue weighted by Gasteiger charge is 2.12. The molecular formula is C17H19N7O. The van der Waals surface area contributed by atoms with Crippen LogP contribution in [0.1, 0.15) is 21.5 Å². The van der Waals surface area contributed by atoms with E-state index >= 15 is 0 Å². The molecule has 0 aliphatic rings. The van der Waals surface area contributed by atoms with Gasteiger partial charge in [0.25, 0.3) is 5.91 Å². The van der Waals surface area contributed by atoms with Gasteiger partial charge in [-0.1, -0.05) is 29.8 Å². The first-order valence-electron chi connectivity index (χ1n) is 7.73. The van der Waals surface area contributed by atoms with Crippen molar-refractivity contribution >= 4 is 23.4 Å². The number of anilines is 3. The number of aromatic nitrogens is 4. The summed E-state index contributed by atoms with van der Waals surface area (Å²) in [6.45, 7) is 2.55. The smallest absolute Gasteiger partial charge is 0.254 e. The van der Waals surface area contributed by atoms with Crippen LogP contribution in [0.3, 0.4) is 0 Å². The highest BCUT2D eigenvalue weighted by atomic mass is 16.1. The van der Waals surface area contributed by atoms with Gasteiger partial charge >= 0.3 is 0 Å². The molecule has 0 atom stereocenters. The minimum atomic E-state index is -0.584. The first-order chi connectivity index (χ1) is 12.0. The summed E-state index contributed by atoms with van der Waals surface area (Å²) in [5, 5.41) is 10.3. The lowest BCUT2D eigenvalue weighted by Gasteiger charge is -2.11. The molecular weight excluding hydrogens is 318 g/mol. The lowest BCUT2D eigenvalue weighted by atomic mass is 10.1. The number of primary amides is 1. The lowest BCUT2D eigenvalue weighted by Crippen LogP contribution is -2.17. The third-order valence-electron chi connectivity index (χ3n) is 3.56. The van der Waals surface area contributed by atoms with E-state index in [9.17, 15) is 4.79 Å². The molecule has 128 valence electrons. The molecule has 1 amide bonds. The summed E-state index contributed by atoms with van der Waals surface area (Å²) in [4.78, 5) is 20.1. The number of hydrogen-bond acceptors (Lipinski definition) is 6. The Morgan fingerprint density at radius 3 is 2.84 bits per heavy atom. The fraction of sp³-hybridized carbons (Fsp3) is 0.176. The minimum absolute atomic E-state index is 0.240. The maximum absolute atomic E-state index is 11.6. The number of carbonyl (C=O) groups is 1. The van der Waals surface area contributed by atoms with Crippen LogP contribution in [0.4, 0.5) is 17.5 Å². The van der Waals surface area contributed by atoms with E-state index in [1.54, 1.807) is 17.1 Å². The third-order valence-corrected chi connectivity index (χ3v) is 3.56. The number of nitrogens with one attached hydrogen (secondary N) is 2. The molecule has 8 heteroatoms. The predicted molar refractivity (Wildman–Crippen MR) is 95.5 cm³/mol. The molecule has 0 radical (unpaired) electrons. The number of nitrogens with zero attached hydrogens (tertiary/aromatic N) is 4. The summed E-state index contributed by atoms with van der Waals surface area (Å²) in [5.74, 6) is 0.153. The molecule has 0 bridgehead atoms. The van der Waals surface area contributed by atoms with Crippen LogP contribution in [0.5, 0.6) is 0 Å². The van der Waals surface area contributed by atoms with Gasteiger partial charge in [-0.05, 0) is 12.5 Å². The van der Waals surface area contributed by atoms with E-state index in [0.29, 0.717) is 18.3 Å². The SMILES string of the molecule is Cc1cccc(CNc2nc(Nc3cnn(C)c3)ncc2C(N)=O)c1. The van der Waals surface area contributed by atoms with Crippen molar-refractivity contribution in [1.29, 1.82) is 0 Å². The molecule has 1 aromatic carbocycles. The van der Waals surface area contributed by atoms with Crippen molar-refractivity contribution in [3.8, 4) is 0 Å². The van der Waals surface area contributed by atoms with Crippen LogP contribution in [0.15, 0.2) is 42.9 Å². The zero-order valence-corrected chi connectivity index (χ0v) is 14.0. The van der Waals surface area contributed by atoms with E-state index in [1.807, 2.05) is 32.2 Å². The van der Waals surface area contributed by atoms with Crippen molar-refractivity contribution in [2.75, 3.05) is 10.6 Å². The Kier molecular flexibility index (Phi) is 4.60. The summed E-state index contributed by atoms with van der Waals surface area (Å²) >= 11 is 0. The monoisotopic (exact) mass is 337 g/mol. The Morgan fingerprint density at radius 1 is 1.32 bits per heavy atom. The van der Waals surface area contributed by atoms with Crippen LogP contribution in [-0.2, 0) is 13.6 Å². The van der Waals surface area contributed by atoms with Crippen molar-refractivity contribution in [3.63, 3.8) is 0 Å². The quantitative estimate of drug-likeness (QED) is 0.634. The largest absolute Gasteiger partial charge is 0.365 e. The van der Waals surface area contributed by atoms with Crippen LogP contribution < -0.4 is 16.4 Å². The van der Waals surface area contributed by atoms with Gasteiger partial charge in [-0.25, -0.2) is 4.98 Å². The summed E-state index contributed by atoms with van der Waals surface area (Å²) in [6.07, 6.45) is 4.86. The second kappa shape index (κ2) is 7.00. The number of nitrogens with two attached hydrogens (primary N) is 1. The second-order valence-corrected chi connectivity index (χ2v) is 5.69. The lowest BCUT2D eigenvalue weighted by molar-refractivity contribution is 0.100. The zero-order valence-electron chi connectivity index (χ0n) is 14.0. The van der Waals surface area contributed by atoms with Crippen LogP contribution >= 0.6 is 0 Å². The first-order valence-corrected chi connectivity index (χ1v) is 7.73. The molecule has 0 aliphatic heterocycles. The Hall–Kier alpha value is -3.42. The molecule has 8 nitrogen and oxygen atoms in total. The molecule has 0 spiro atoms. The van der Waals surface area contributed by atoms with E-state index in [1.165, 1.54) is 6.20 Å². The number of rotatable bonds is 6. The number of hydrogen-bond donors (Lipinski definition) is 3. The summed E-state index contributed by atoms with van der Waals surface area (Å²) in [6, 6.07) is 8.07. The van der Waals surface area contributed by atoms with Gasteiger partial charge < -0.3 is 16.4 Å². The van der Waals surface area contributed by atoms with E-state index in [4.69, 9.17) is 5.73 Å². The molecule has 2 heterocycles. The summed E-state index contributed by atoms with van der Waals surface area (Å²) in [7, 11) is 1.82. The Balaban J connectivity index is 1.81. The van der Waals surface area contributed by atoms with Gasteiger partial charge in [0.1, 0.15) is 5.82 Å². The normalized spacial score (nSPS) is 10.5. The average molecular weight is 337 g/mol. The van der Waals surface area contributed by atoms with Gasteiger partial charge in [0.15, 0.2) is 0 Å². The van der Waals surface area contributed by atoms with Gasteiger partial charge in [-0.15, -0.1) is 0 Å². The number of aryl methyl sites for hydroxylation is 2. The van der Waals surface area contributed by atoms with Gasteiger partial charge in [0.05, 0.1) is 17.4 Å². The second-order valence-electron chi connectivity index (χ2n) is 5.69. The highest BCUT2D eigenvalue weighted by molar-refractivity contribution is 5.97. The molecule has 0 unspecified atom stereocenters. The van der Waals surface area contributed by atoms with Crippen molar-refractivity contribution in [3.05, 3.63) is 59.5 Å². The number of amides is 1. The standard InChI is InChI=1S/C17H19N7O/c1-11-4-3-5-12(6-11)7-19-16-14(15(18)25)9-20-17(23-16)22-13-8-21-24(2)10-13/h3-6,8-10H,7H2,1-2H3,(H2,18,25)(H2,19,20,22,23). The summed E-state index contributed by atoms with van der Waals surface area (Å²) in [5.41, 5.74) is 8.65. The zero-order chi connectivity index (χ0) is 17.8. The maximum Gasteiger partial charge on any atom is 0.254 e. The van der Waals surface area contributed by atoms with E-state index < -0.39 is 5.91 Å². The Morgan fingerprint density at radius 2 is 2.16 bits per heavy atom. The topological polar surface area (TPSA) is 111 Å². The van der Waals surface area contributed by atoms with Crippen LogP contribution in [0.25, 0.3) is 0 Å². The van der Waals surface area contributed by atoms with Gasteiger partial charge in [0.2, 0.25) is 5.95 Å². The Bertz CT molecular complexity index is 904. The van der Waals surface area contributed by atoms with Crippen molar-refractivity contribution < 1.29 is 4.79 Å². The van der Waals surface area contributed by atoms with Crippen LogP contribution in [0, 0.1) is 6.92 Å². The van der Waals surface area contributed by atoms with Crippen molar-refractivity contribution in [2.45, 2.75) is 13.5 Å². The van der Waals surface area contributed by atoms with Crippen molar-refractivity contribution in [2.24, 2.45) is 12.8 Å². The fourth-order valence-corrected chi connectivity index (χ4v) is 2.38. The third kappa shape index (κ3) is 4.11. The van der Waals surface area contributed by atoms with E-state index in [0.717, 1.165) is 16.8 Å². The first kappa shape index (κ1) is 16.4. The highest BCUT2D eigenvalue weighted by Crippen LogP contribution is 2.18. The summed E-state index contributed by atoms with van der Waals surface area (Å²) < 4.78 is 1.66. The fourth-order valence-electron chi connectivity index (χ4n) is 2.38. The predicted octanol–water partition coefficient (Wildman–Crippen LogP) is 1.97. The molecule has 4 N–H and O–H groups in total. The van der Waals surface area contributed by atoms with Crippen molar-refractivity contribution in [1.82, 2.24) is 19.7 Å². The number of carbonyl (C=O) groups excluding carboxylic acids is 1. The van der Waals surface area contributed by atoms with Gasteiger partial charge in [-0.3, -0.25) is 9.48 Å². The number of benzene rings is 1. The maximum atomic E-state index is 11.6. The van der Waals surface area contributed by atoms with Gasteiger partial charge in [0, 0.05) is 26.0 Å². The molecule has 0 aliphatic carbocycles. The van der Waals surface area contributed by atoms with E-state index in [2.05, 4.69) is 31.8 Å². The van der Waals surface area contributed by atoms with Crippen LogP contribution in [-0.4, -0.2) is 25.7 Å². The van der Waals surface area contributed by atoms with E-state index in [-0.39, 0.29) is 5.56 Å². The minimum Gasteiger partial charge on any atom is -0.365 e. The van der Waals surface area contributed by atoms with Crippen LogP contribution in [0.2, 0.25) is 0 Å². The van der Waals surface area contributed by atoms with Gasteiger partial charge in [-0.2, -0.15) is 10.1 Å². The molecule has 0 saturated heterocycles. The average Bonchev–Trinajstić information content (AvgIpc) is 2.98. The Labute approximate surface area is 145 Å². The molecule has 3 rings (SSSR count). The molecule has 2 aromatic heterocycles. The molecule has 0 fully saturated rings. The molecule has 25 heavy (non-hydrogen) atoms. The molecule has 0 saturated carbocycles. The molecule has 3 aromatic rings.